The number of carbonyl (C=O) groups is 1. The smallest absolute Gasteiger partial charge is 0.258 e. The van der Waals surface area contributed by atoms with Crippen molar-refractivity contribution in [1.82, 2.24) is 10.6 Å². The van der Waals surface area contributed by atoms with Gasteiger partial charge in [-0.05, 0) is 32.4 Å². The second kappa shape index (κ2) is 8.96. The average Bonchev–Trinajstić information content (AvgIpc) is 2.45. The van der Waals surface area contributed by atoms with Gasteiger partial charge in [0.05, 0.1) is 13.7 Å². The number of rotatable bonds is 8. The molecule has 23 heavy (non-hydrogen) atoms. The number of aliphatic hydroxyl groups excluding tert-OH is 1. The molecule has 0 bridgehead atoms. The van der Waals surface area contributed by atoms with Crippen LogP contribution in [0.4, 0.5) is 0 Å². The molecule has 0 spiro atoms. The summed E-state index contributed by atoms with van der Waals surface area (Å²) in [7, 11) is 1.52. The van der Waals surface area contributed by atoms with Crippen molar-refractivity contribution in [3.8, 4) is 11.5 Å². The molecule has 1 amide bonds. The predicted octanol–water partition coefficient (Wildman–Crippen LogP) is 1.72. The maximum absolute atomic E-state index is 11.8. The van der Waals surface area contributed by atoms with Crippen molar-refractivity contribution in [2.24, 2.45) is 0 Å². The van der Waals surface area contributed by atoms with E-state index in [2.05, 4.69) is 10.6 Å². The Bertz CT molecular complexity index is 530. The fourth-order valence-electron chi connectivity index (χ4n) is 1.88. The summed E-state index contributed by atoms with van der Waals surface area (Å²) in [4.78, 5) is 11.8. The van der Waals surface area contributed by atoms with E-state index in [1.54, 1.807) is 12.1 Å². The first kappa shape index (κ1) is 19.5. The third-order valence-corrected chi connectivity index (χ3v) is 3.16. The molecule has 1 aromatic carbocycles. The Kier molecular flexibility index (Phi) is 7.61. The molecular weight excluding hydrogens is 320 g/mol. The fourth-order valence-corrected chi connectivity index (χ4v) is 2.11. The van der Waals surface area contributed by atoms with Gasteiger partial charge in [-0.15, -0.1) is 0 Å². The molecule has 0 atom stereocenters. The second-order valence-corrected chi connectivity index (χ2v) is 6.49. The molecule has 1 aromatic rings. The summed E-state index contributed by atoms with van der Waals surface area (Å²) in [6.07, 6.45) is 0. The van der Waals surface area contributed by atoms with E-state index in [0.29, 0.717) is 29.6 Å². The van der Waals surface area contributed by atoms with E-state index >= 15 is 0 Å². The molecule has 0 unspecified atom stereocenters. The van der Waals surface area contributed by atoms with Gasteiger partial charge < -0.3 is 25.2 Å². The number of halogens is 1. The zero-order valence-electron chi connectivity index (χ0n) is 14.0. The van der Waals surface area contributed by atoms with Crippen molar-refractivity contribution in [3.63, 3.8) is 0 Å². The predicted molar refractivity (Wildman–Crippen MR) is 90.2 cm³/mol. The molecule has 130 valence electrons. The first-order chi connectivity index (χ1) is 10.8. The number of nitrogens with one attached hydrogen (secondary N) is 2. The van der Waals surface area contributed by atoms with Crippen molar-refractivity contribution in [2.75, 3.05) is 26.9 Å². The highest BCUT2D eigenvalue weighted by molar-refractivity contribution is 6.31. The second-order valence-electron chi connectivity index (χ2n) is 6.08. The zero-order chi connectivity index (χ0) is 17.5. The Morgan fingerprint density at radius 3 is 2.57 bits per heavy atom. The summed E-state index contributed by atoms with van der Waals surface area (Å²) < 4.78 is 10.8. The fraction of sp³-hybridized carbons (Fsp3) is 0.562. The van der Waals surface area contributed by atoms with Crippen LogP contribution in [-0.4, -0.2) is 43.4 Å². The first-order valence-electron chi connectivity index (χ1n) is 7.38. The van der Waals surface area contributed by atoms with Gasteiger partial charge in [0.25, 0.3) is 5.91 Å². The van der Waals surface area contributed by atoms with Gasteiger partial charge in [0, 0.05) is 29.7 Å². The lowest BCUT2D eigenvalue weighted by Gasteiger charge is -2.21. The molecule has 0 heterocycles. The Morgan fingerprint density at radius 1 is 1.30 bits per heavy atom. The molecule has 0 fully saturated rings. The molecule has 6 nitrogen and oxygen atoms in total. The molecule has 0 saturated carbocycles. The Labute approximate surface area is 142 Å². The largest absolute Gasteiger partial charge is 0.493 e. The third kappa shape index (κ3) is 7.07. The van der Waals surface area contributed by atoms with Crippen LogP contribution in [0.2, 0.25) is 5.02 Å². The van der Waals surface area contributed by atoms with E-state index in [-0.39, 0.29) is 24.7 Å². The van der Waals surface area contributed by atoms with Crippen LogP contribution in [-0.2, 0) is 11.3 Å². The SMILES string of the molecule is COc1cc(CNCCO)c(Cl)cc1OCC(=O)NC(C)(C)C. The van der Waals surface area contributed by atoms with Crippen LogP contribution in [0.25, 0.3) is 0 Å². The van der Waals surface area contributed by atoms with Crippen LogP contribution in [0.15, 0.2) is 12.1 Å². The van der Waals surface area contributed by atoms with Crippen LogP contribution in [0.1, 0.15) is 26.3 Å². The van der Waals surface area contributed by atoms with Crippen LogP contribution in [0.5, 0.6) is 11.5 Å². The Hall–Kier alpha value is -1.50. The van der Waals surface area contributed by atoms with Crippen LogP contribution < -0.4 is 20.1 Å². The van der Waals surface area contributed by atoms with Crippen LogP contribution >= 0.6 is 11.6 Å². The molecule has 0 saturated heterocycles. The summed E-state index contributed by atoms with van der Waals surface area (Å²) in [6, 6.07) is 3.38. The summed E-state index contributed by atoms with van der Waals surface area (Å²) >= 11 is 6.22. The molecule has 7 heteroatoms. The van der Waals surface area contributed by atoms with Gasteiger partial charge in [0.2, 0.25) is 0 Å². The minimum Gasteiger partial charge on any atom is -0.493 e. The number of methoxy groups -OCH3 is 1. The minimum atomic E-state index is -0.315. The van der Waals surface area contributed by atoms with E-state index in [4.69, 9.17) is 26.2 Å². The van der Waals surface area contributed by atoms with Gasteiger partial charge in [0.15, 0.2) is 18.1 Å². The lowest BCUT2D eigenvalue weighted by atomic mass is 10.1. The molecule has 0 aliphatic carbocycles. The minimum absolute atomic E-state index is 0.0544. The highest BCUT2D eigenvalue weighted by atomic mass is 35.5. The van der Waals surface area contributed by atoms with Crippen molar-refractivity contribution in [1.29, 1.82) is 0 Å². The lowest BCUT2D eigenvalue weighted by Crippen LogP contribution is -2.43. The summed E-state index contributed by atoms with van der Waals surface area (Å²) in [5.41, 5.74) is 0.508. The van der Waals surface area contributed by atoms with Gasteiger partial charge in [-0.25, -0.2) is 0 Å². The van der Waals surface area contributed by atoms with E-state index in [1.807, 2.05) is 20.8 Å². The van der Waals surface area contributed by atoms with Crippen molar-refractivity contribution >= 4 is 17.5 Å². The van der Waals surface area contributed by atoms with Crippen molar-refractivity contribution in [3.05, 3.63) is 22.7 Å². The summed E-state index contributed by atoms with van der Waals surface area (Å²) in [5.74, 6) is 0.690. The van der Waals surface area contributed by atoms with E-state index in [1.165, 1.54) is 7.11 Å². The first-order valence-corrected chi connectivity index (χ1v) is 7.76. The highest BCUT2D eigenvalue weighted by Crippen LogP contribution is 2.33. The molecule has 1 rings (SSSR count). The molecule has 0 aromatic heterocycles. The molecule has 0 aliphatic heterocycles. The standard InChI is InChI=1S/C16H25ClN2O4/c1-16(2,3)19-15(21)10-23-14-8-12(17)11(7-13(14)22-4)9-18-5-6-20/h7-8,18,20H,5-6,9-10H2,1-4H3,(H,19,21). The normalized spacial score (nSPS) is 11.2. The Morgan fingerprint density at radius 2 is 2.00 bits per heavy atom. The quantitative estimate of drug-likeness (QED) is 0.626. The third-order valence-electron chi connectivity index (χ3n) is 2.81. The van der Waals surface area contributed by atoms with Crippen molar-refractivity contribution in [2.45, 2.75) is 32.9 Å². The number of carbonyl (C=O) groups excluding carboxylic acids is 1. The zero-order valence-corrected chi connectivity index (χ0v) is 14.8. The summed E-state index contributed by atoms with van der Waals surface area (Å²) in [6.45, 7) is 6.61. The lowest BCUT2D eigenvalue weighted by molar-refractivity contribution is -0.124. The number of ether oxygens (including phenoxy) is 2. The number of hydrogen-bond acceptors (Lipinski definition) is 5. The van der Waals surface area contributed by atoms with Gasteiger partial charge in [-0.1, -0.05) is 11.6 Å². The van der Waals surface area contributed by atoms with Gasteiger partial charge in [-0.2, -0.15) is 0 Å². The molecule has 3 N–H and O–H groups in total. The molecule has 0 radical (unpaired) electrons. The number of hydrogen-bond donors (Lipinski definition) is 3. The maximum Gasteiger partial charge on any atom is 0.258 e. The van der Waals surface area contributed by atoms with Crippen molar-refractivity contribution < 1.29 is 19.4 Å². The Balaban J connectivity index is 2.75. The summed E-state index contributed by atoms with van der Waals surface area (Å²) in [5, 5.41) is 15.1. The monoisotopic (exact) mass is 344 g/mol. The van der Waals surface area contributed by atoms with E-state index in [0.717, 1.165) is 5.56 Å². The average molecular weight is 345 g/mol. The van der Waals surface area contributed by atoms with E-state index < -0.39 is 0 Å². The topological polar surface area (TPSA) is 79.8 Å². The molecule has 0 aliphatic rings. The van der Waals surface area contributed by atoms with Crippen LogP contribution in [0.3, 0.4) is 0 Å². The van der Waals surface area contributed by atoms with Gasteiger partial charge in [-0.3, -0.25) is 4.79 Å². The number of benzene rings is 1. The number of aliphatic hydroxyl groups is 1. The number of amides is 1. The van der Waals surface area contributed by atoms with E-state index in [9.17, 15) is 4.79 Å². The van der Waals surface area contributed by atoms with Gasteiger partial charge >= 0.3 is 0 Å². The maximum atomic E-state index is 11.8. The van der Waals surface area contributed by atoms with Gasteiger partial charge in [0.1, 0.15) is 0 Å². The molecular formula is C16H25ClN2O4. The van der Waals surface area contributed by atoms with Crippen LogP contribution in [0, 0.1) is 0 Å². The highest BCUT2D eigenvalue weighted by Gasteiger charge is 2.16.